The molecule has 1 aromatic carbocycles. The number of ether oxygens (including phenoxy) is 3. The largest absolute Gasteiger partial charge is 0.465 e. The highest BCUT2D eigenvalue weighted by molar-refractivity contribution is 7.90. The Kier molecular flexibility index (Phi) is 5.08. The Balaban J connectivity index is 2.39. The molecule has 0 aliphatic carbocycles. The first-order valence-electron chi connectivity index (χ1n) is 7.30. The molecule has 0 radical (unpaired) electrons. The number of rotatable bonds is 4. The standard InChI is InChI=1S/C16H17NO8S/c1-16(2)24-14(19)11(15(20)25-16)8-17-12-6-5-9(26(4,21)22)7-10(12)13(18)23-3/h5-8,17H,1-4H3. The monoisotopic (exact) mass is 383 g/mol. The van der Waals surface area contributed by atoms with Crippen LogP contribution in [0.4, 0.5) is 5.69 Å². The molecule has 0 saturated carbocycles. The number of anilines is 1. The summed E-state index contributed by atoms with van der Waals surface area (Å²) in [4.78, 5) is 35.6. The molecule has 0 aromatic heterocycles. The fourth-order valence-electron chi connectivity index (χ4n) is 2.09. The molecule has 140 valence electrons. The molecule has 0 spiro atoms. The third-order valence-electron chi connectivity index (χ3n) is 3.31. The number of carbonyl (C=O) groups is 3. The van der Waals surface area contributed by atoms with Gasteiger partial charge >= 0.3 is 17.9 Å². The van der Waals surface area contributed by atoms with Crippen LogP contribution in [-0.2, 0) is 33.6 Å². The number of cyclic esters (lactones) is 2. The SMILES string of the molecule is COC(=O)c1cc(S(C)(=O)=O)ccc1NC=C1C(=O)OC(C)(C)OC1=O. The highest BCUT2D eigenvalue weighted by Crippen LogP contribution is 2.25. The number of sulfone groups is 1. The van der Waals surface area contributed by atoms with E-state index >= 15 is 0 Å². The van der Waals surface area contributed by atoms with Crippen LogP contribution in [0.25, 0.3) is 0 Å². The van der Waals surface area contributed by atoms with Crippen LogP contribution in [-0.4, -0.2) is 45.5 Å². The van der Waals surface area contributed by atoms with E-state index in [2.05, 4.69) is 10.1 Å². The van der Waals surface area contributed by atoms with Gasteiger partial charge < -0.3 is 19.5 Å². The summed E-state index contributed by atoms with van der Waals surface area (Å²) >= 11 is 0. The predicted molar refractivity (Wildman–Crippen MR) is 88.9 cm³/mol. The summed E-state index contributed by atoms with van der Waals surface area (Å²) in [6.07, 6.45) is 2.01. The molecule has 0 amide bonds. The van der Waals surface area contributed by atoms with Crippen LogP contribution in [0, 0.1) is 0 Å². The summed E-state index contributed by atoms with van der Waals surface area (Å²) in [6.45, 7) is 2.82. The molecule has 0 atom stereocenters. The fourth-order valence-corrected chi connectivity index (χ4v) is 2.73. The third-order valence-corrected chi connectivity index (χ3v) is 4.42. The molecule has 0 bridgehead atoms. The maximum atomic E-state index is 11.9. The van der Waals surface area contributed by atoms with Crippen molar-refractivity contribution in [2.75, 3.05) is 18.7 Å². The van der Waals surface area contributed by atoms with Gasteiger partial charge in [0.1, 0.15) is 0 Å². The van der Waals surface area contributed by atoms with Crippen LogP contribution in [0.2, 0.25) is 0 Å². The van der Waals surface area contributed by atoms with Crippen LogP contribution in [0.5, 0.6) is 0 Å². The number of esters is 3. The molecule has 1 aromatic rings. The zero-order valence-electron chi connectivity index (χ0n) is 14.5. The average Bonchev–Trinajstić information content (AvgIpc) is 2.51. The number of methoxy groups -OCH3 is 1. The zero-order valence-corrected chi connectivity index (χ0v) is 15.3. The molecule has 0 unspecified atom stereocenters. The minimum Gasteiger partial charge on any atom is -0.465 e. The van der Waals surface area contributed by atoms with Crippen molar-refractivity contribution in [3.05, 3.63) is 35.5 Å². The van der Waals surface area contributed by atoms with Crippen molar-refractivity contribution in [2.24, 2.45) is 0 Å². The summed E-state index contributed by atoms with van der Waals surface area (Å²) in [5, 5.41) is 2.61. The molecule has 1 fully saturated rings. The summed E-state index contributed by atoms with van der Waals surface area (Å²) in [5.74, 6) is -3.97. The molecule has 2 rings (SSSR count). The van der Waals surface area contributed by atoms with Crippen molar-refractivity contribution < 1.29 is 37.0 Å². The first-order chi connectivity index (χ1) is 11.9. The van der Waals surface area contributed by atoms with E-state index in [-0.39, 0.29) is 16.1 Å². The van der Waals surface area contributed by atoms with Crippen molar-refractivity contribution >= 4 is 33.4 Å². The Bertz CT molecular complexity index is 892. The van der Waals surface area contributed by atoms with E-state index in [1.165, 1.54) is 26.0 Å². The van der Waals surface area contributed by atoms with E-state index in [9.17, 15) is 22.8 Å². The van der Waals surface area contributed by atoms with Gasteiger partial charge in [-0.25, -0.2) is 22.8 Å². The lowest BCUT2D eigenvalue weighted by Gasteiger charge is -2.29. The molecule has 10 heteroatoms. The van der Waals surface area contributed by atoms with Crippen LogP contribution in [0.1, 0.15) is 24.2 Å². The quantitative estimate of drug-likeness (QED) is 0.460. The van der Waals surface area contributed by atoms with Crippen LogP contribution in [0.15, 0.2) is 34.9 Å². The van der Waals surface area contributed by atoms with Gasteiger partial charge in [0, 0.05) is 26.3 Å². The van der Waals surface area contributed by atoms with Crippen LogP contribution < -0.4 is 5.32 Å². The predicted octanol–water partition coefficient (Wildman–Crippen LogP) is 1.01. The molecule has 9 nitrogen and oxygen atoms in total. The summed E-state index contributed by atoms with van der Waals surface area (Å²) in [5.41, 5.74) is -0.375. The second-order valence-corrected chi connectivity index (χ2v) is 7.87. The molecular formula is C16H17NO8S. The minimum atomic E-state index is -3.55. The van der Waals surface area contributed by atoms with Crippen LogP contribution in [0.3, 0.4) is 0 Å². The lowest BCUT2D eigenvalue weighted by molar-refractivity contribution is -0.222. The van der Waals surface area contributed by atoms with Crippen molar-refractivity contribution in [3.8, 4) is 0 Å². The number of carbonyl (C=O) groups excluding carboxylic acids is 3. The van der Waals surface area contributed by atoms with E-state index in [4.69, 9.17) is 9.47 Å². The van der Waals surface area contributed by atoms with E-state index in [1.807, 2.05) is 0 Å². The van der Waals surface area contributed by atoms with Crippen molar-refractivity contribution in [1.82, 2.24) is 0 Å². The number of hydrogen-bond donors (Lipinski definition) is 1. The first kappa shape index (κ1) is 19.4. The molecule has 1 aliphatic rings. The van der Waals surface area contributed by atoms with Gasteiger partial charge in [-0.15, -0.1) is 0 Å². The molecular weight excluding hydrogens is 366 g/mol. The Morgan fingerprint density at radius 1 is 1.19 bits per heavy atom. The number of hydrogen-bond acceptors (Lipinski definition) is 9. The van der Waals surface area contributed by atoms with Gasteiger partial charge in [0.05, 0.1) is 23.3 Å². The Hall–Kier alpha value is -2.88. The highest BCUT2D eigenvalue weighted by atomic mass is 32.2. The summed E-state index contributed by atoms with van der Waals surface area (Å²) < 4.78 is 37.8. The van der Waals surface area contributed by atoms with Gasteiger partial charge in [-0.3, -0.25) is 0 Å². The Morgan fingerprint density at radius 3 is 2.27 bits per heavy atom. The topological polar surface area (TPSA) is 125 Å². The number of nitrogens with one attached hydrogen (secondary N) is 1. The fraction of sp³-hybridized carbons (Fsp3) is 0.312. The lowest BCUT2D eigenvalue weighted by Crippen LogP contribution is -2.42. The lowest BCUT2D eigenvalue weighted by atomic mass is 10.1. The third kappa shape index (κ3) is 4.20. The van der Waals surface area contributed by atoms with Crippen molar-refractivity contribution in [2.45, 2.75) is 24.5 Å². The molecule has 26 heavy (non-hydrogen) atoms. The van der Waals surface area contributed by atoms with E-state index in [1.54, 1.807) is 0 Å². The Morgan fingerprint density at radius 2 is 1.77 bits per heavy atom. The normalized spacial score (nSPS) is 16.4. The molecule has 1 N–H and O–H groups in total. The maximum absolute atomic E-state index is 11.9. The second kappa shape index (κ2) is 6.79. The maximum Gasteiger partial charge on any atom is 0.350 e. The first-order valence-corrected chi connectivity index (χ1v) is 9.19. The van der Waals surface area contributed by atoms with Gasteiger partial charge in [0.15, 0.2) is 15.4 Å². The minimum absolute atomic E-state index is 0.0886. The van der Waals surface area contributed by atoms with Gasteiger partial charge in [0.2, 0.25) is 0 Å². The molecule has 1 saturated heterocycles. The summed E-state index contributed by atoms with van der Waals surface area (Å²) in [6, 6.07) is 3.70. The van der Waals surface area contributed by atoms with Gasteiger partial charge in [-0.05, 0) is 18.2 Å². The number of benzene rings is 1. The molecule has 1 aliphatic heterocycles. The van der Waals surface area contributed by atoms with E-state index < -0.39 is 39.1 Å². The smallest absolute Gasteiger partial charge is 0.350 e. The average molecular weight is 383 g/mol. The van der Waals surface area contributed by atoms with Crippen molar-refractivity contribution in [1.29, 1.82) is 0 Å². The van der Waals surface area contributed by atoms with Crippen LogP contribution >= 0.6 is 0 Å². The van der Waals surface area contributed by atoms with E-state index in [0.29, 0.717) is 0 Å². The highest BCUT2D eigenvalue weighted by Gasteiger charge is 2.39. The van der Waals surface area contributed by atoms with Gasteiger partial charge in [-0.1, -0.05) is 0 Å². The summed E-state index contributed by atoms with van der Waals surface area (Å²) in [7, 11) is -2.41. The zero-order chi connectivity index (χ0) is 19.7. The van der Waals surface area contributed by atoms with Gasteiger partial charge in [-0.2, -0.15) is 0 Å². The Labute approximate surface area is 149 Å². The second-order valence-electron chi connectivity index (χ2n) is 5.85. The van der Waals surface area contributed by atoms with E-state index in [0.717, 1.165) is 25.6 Å². The van der Waals surface area contributed by atoms with Gasteiger partial charge in [0.25, 0.3) is 5.79 Å². The van der Waals surface area contributed by atoms with Crippen molar-refractivity contribution in [3.63, 3.8) is 0 Å². The molecule has 1 heterocycles.